The molecule has 83 heavy (non-hydrogen) atoms. The molecule has 11 nitrogen and oxygen atoms in total. The van der Waals surface area contributed by atoms with Gasteiger partial charge in [-0.25, -0.2) is 0 Å². The summed E-state index contributed by atoms with van der Waals surface area (Å²) in [5.41, 5.74) is 0. The first-order valence-corrected chi connectivity index (χ1v) is 35.8. The van der Waals surface area contributed by atoms with Crippen LogP contribution in [0.2, 0.25) is 0 Å². The number of ether oxygens (including phenoxy) is 3. The van der Waals surface area contributed by atoms with Crippen molar-refractivity contribution in [3.63, 3.8) is 0 Å². The van der Waals surface area contributed by atoms with Crippen LogP contribution in [0.5, 0.6) is 0 Å². The van der Waals surface area contributed by atoms with Crippen LogP contribution in [-0.2, 0) is 23.8 Å². The van der Waals surface area contributed by atoms with E-state index in [0.29, 0.717) is 19.4 Å². The Hall–Kier alpha value is -2.12. The molecule has 7 atom stereocenters. The second kappa shape index (κ2) is 61.5. The summed E-state index contributed by atoms with van der Waals surface area (Å²) in [4.78, 5) is 25.1. The monoisotopic (exact) mass is 1170 g/mol. The molecular weight excluding hydrogens is 1040 g/mol. The number of rotatable bonds is 63. The Morgan fingerprint density at radius 1 is 0.434 bits per heavy atom. The summed E-state index contributed by atoms with van der Waals surface area (Å²) in [6, 6.07) is -0.809. The number of carbonyl (C=O) groups excluding carboxylic acids is 2. The fourth-order valence-electron chi connectivity index (χ4n) is 11.3. The zero-order chi connectivity index (χ0) is 60.2. The Kier molecular flexibility index (Phi) is 58.5. The molecule has 0 radical (unpaired) electrons. The fourth-order valence-corrected chi connectivity index (χ4v) is 11.3. The van der Waals surface area contributed by atoms with E-state index in [-0.39, 0.29) is 18.5 Å². The topological polar surface area (TPSA) is 175 Å². The lowest BCUT2D eigenvalue weighted by Crippen LogP contribution is -2.60. The van der Waals surface area contributed by atoms with Crippen LogP contribution in [0, 0.1) is 0 Å². The van der Waals surface area contributed by atoms with Crippen molar-refractivity contribution in [1.29, 1.82) is 0 Å². The minimum absolute atomic E-state index is 0.00208. The normalized spacial score (nSPS) is 18.3. The molecule has 0 saturated carbocycles. The Morgan fingerprint density at radius 2 is 0.783 bits per heavy atom. The molecule has 0 spiro atoms. The van der Waals surface area contributed by atoms with Gasteiger partial charge in [-0.2, -0.15) is 0 Å². The van der Waals surface area contributed by atoms with Gasteiger partial charge in [-0.15, -0.1) is 0 Å². The van der Waals surface area contributed by atoms with Crippen molar-refractivity contribution in [1.82, 2.24) is 5.32 Å². The fraction of sp³-hybridized carbons (Fsp3) is 0.889. The molecule has 0 aromatic heterocycles. The number of unbranched alkanes of at least 4 members (excludes halogenated alkanes) is 45. The smallest absolute Gasteiger partial charge is 0.305 e. The van der Waals surface area contributed by atoms with E-state index in [9.17, 15) is 35.1 Å². The van der Waals surface area contributed by atoms with Gasteiger partial charge in [0, 0.05) is 12.8 Å². The van der Waals surface area contributed by atoms with Crippen LogP contribution in [0.1, 0.15) is 348 Å². The second-order valence-corrected chi connectivity index (χ2v) is 24.9. The van der Waals surface area contributed by atoms with Crippen molar-refractivity contribution in [2.45, 2.75) is 391 Å². The van der Waals surface area contributed by atoms with Gasteiger partial charge in [0.2, 0.25) is 5.91 Å². The third-order valence-electron chi connectivity index (χ3n) is 17.0. The number of allylic oxidation sites excluding steroid dienone is 5. The van der Waals surface area contributed by atoms with E-state index in [1.165, 1.54) is 263 Å². The van der Waals surface area contributed by atoms with E-state index in [2.05, 4.69) is 43.5 Å². The third-order valence-corrected chi connectivity index (χ3v) is 17.0. The van der Waals surface area contributed by atoms with Gasteiger partial charge in [0.1, 0.15) is 24.4 Å². The van der Waals surface area contributed by atoms with Crippen LogP contribution in [0.15, 0.2) is 36.5 Å². The quantitative estimate of drug-likeness (QED) is 0.0195. The van der Waals surface area contributed by atoms with Crippen molar-refractivity contribution in [3.05, 3.63) is 36.5 Å². The molecular formula is C72H135NO10. The Bertz CT molecular complexity index is 1470. The lowest BCUT2D eigenvalue weighted by atomic mass is 9.99. The Labute approximate surface area is 511 Å². The maximum atomic E-state index is 13.1. The van der Waals surface area contributed by atoms with Gasteiger partial charge >= 0.3 is 5.97 Å². The molecule has 1 fully saturated rings. The lowest BCUT2D eigenvalue weighted by Gasteiger charge is -2.40. The van der Waals surface area contributed by atoms with Gasteiger partial charge in [-0.05, 0) is 77.0 Å². The first-order valence-electron chi connectivity index (χ1n) is 35.8. The minimum atomic E-state index is -1.57. The van der Waals surface area contributed by atoms with Crippen molar-refractivity contribution < 1.29 is 49.3 Å². The van der Waals surface area contributed by atoms with E-state index in [1.54, 1.807) is 6.08 Å². The number of nitrogens with one attached hydrogen (secondary N) is 1. The summed E-state index contributed by atoms with van der Waals surface area (Å²) in [6.07, 6.45) is 68.4. The highest BCUT2D eigenvalue weighted by Crippen LogP contribution is 2.23. The molecule has 1 aliphatic heterocycles. The van der Waals surface area contributed by atoms with Gasteiger partial charge in [0.15, 0.2) is 6.29 Å². The summed E-state index contributed by atoms with van der Waals surface area (Å²) < 4.78 is 16.7. The van der Waals surface area contributed by atoms with Gasteiger partial charge in [-0.3, -0.25) is 9.59 Å². The van der Waals surface area contributed by atoms with Gasteiger partial charge in [-0.1, -0.05) is 294 Å². The van der Waals surface area contributed by atoms with Crippen LogP contribution in [-0.4, -0.2) is 100 Å². The number of carbonyl (C=O) groups is 2. The number of hydrogen-bond donors (Lipinski definition) is 6. The van der Waals surface area contributed by atoms with Crippen molar-refractivity contribution in [2.24, 2.45) is 0 Å². The van der Waals surface area contributed by atoms with Crippen molar-refractivity contribution >= 4 is 11.9 Å². The molecule has 11 heteroatoms. The molecule has 1 rings (SSSR count). The Morgan fingerprint density at radius 3 is 1.19 bits per heavy atom. The molecule has 1 heterocycles. The Balaban J connectivity index is 1.98. The standard InChI is InChI=1S/C72H135NO10/c1-3-5-7-9-11-13-15-16-35-39-42-46-50-54-58-65(75)64(63-82-72-71(80)70(79)69(78)66(62-74)83-72)73-67(76)59-55-51-47-43-40-36-33-31-29-27-25-23-21-19-17-18-20-22-24-26-28-30-32-34-37-41-45-49-53-57-61-81-68(77)60-56-52-48-44-38-14-12-10-8-6-4-2/h10,12,18,20,54,58,64-66,69-72,74-75,78-80H,3-9,11,13-17,19,21-53,55-57,59-63H2,1-2H3,(H,73,76)/b12-10-,20-18-,58-54+. The SMILES string of the molecule is CCCC/C=C\CCCCCCCC(=O)OCCCCCCCCCCCCCC/C=C\CCCCCCCCCCCCCCCCC(=O)NC(COC1OC(CO)C(O)C(O)C1O)C(O)/C=C/CCCCCCCCCCCCCC. The predicted molar refractivity (Wildman–Crippen MR) is 347 cm³/mol. The highest BCUT2D eigenvalue weighted by molar-refractivity contribution is 5.76. The number of hydrogen-bond acceptors (Lipinski definition) is 10. The summed E-state index contributed by atoms with van der Waals surface area (Å²) in [6.45, 7) is 4.34. The van der Waals surface area contributed by atoms with E-state index in [4.69, 9.17) is 14.2 Å². The van der Waals surface area contributed by atoms with Crippen LogP contribution in [0.25, 0.3) is 0 Å². The van der Waals surface area contributed by atoms with E-state index in [1.807, 2.05) is 6.08 Å². The van der Waals surface area contributed by atoms with Crippen LogP contribution >= 0.6 is 0 Å². The molecule has 0 aromatic carbocycles. The van der Waals surface area contributed by atoms with Gasteiger partial charge in [0.25, 0.3) is 0 Å². The lowest BCUT2D eigenvalue weighted by molar-refractivity contribution is -0.302. The van der Waals surface area contributed by atoms with E-state index < -0.39 is 49.5 Å². The highest BCUT2D eigenvalue weighted by atomic mass is 16.7. The zero-order valence-corrected chi connectivity index (χ0v) is 54.2. The van der Waals surface area contributed by atoms with E-state index in [0.717, 1.165) is 57.8 Å². The summed E-state index contributed by atoms with van der Waals surface area (Å²) in [7, 11) is 0. The molecule has 7 unspecified atom stereocenters. The van der Waals surface area contributed by atoms with Crippen molar-refractivity contribution in [2.75, 3.05) is 19.8 Å². The molecule has 1 amide bonds. The molecule has 1 aliphatic rings. The predicted octanol–water partition coefficient (Wildman–Crippen LogP) is 18.2. The van der Waals surface area contributed by atoms with Crippen molar-refractivity contribution in [3.8, 4) is 0 Å². The summed E-state index contributed by atoms with van der Waals surface area (Å²) >= 11 is 0. The number of esters is 1. The summed E-state index contributed by atoms with van der Waals surface area (Å²) in [5.74, 6) is -0.180. The molecule has 6 N–H and O–H groups in total. The number of amides is 1. The average molecular weight is 1170 g/mol. The third kappa shape index (κ3) is 50.6. The van der Waals surface area contributed by atoms with E-state index >= 15 is 0 Å². The molecule has 0 aromatic rings. The second-order valence-electron chi connectivity index (χ2n) is 24.9. The number of aliphatic hydroxyl groups is 5. The summed E-state index contributed by atoms with van der Waals surface area (Å²) in [5, 5.41) is 54.6. The maximum Gasteiger partial charge on any atom is 0.305 e. The molecule has 0 aliphatic carbocycles. The zero-order valence-electron chi connectivity index (χ0n) is 54.2. The highest BCUT2D eigenvalue weighted by Gasteiger charge is 2.44. The van der Waals surface area contributed by atoms with Crippen LogP contribution < -0.4 is 5.32 Å². The molecule has 1 saturated heterocycles. The number of aliphatic hydroxyl groups excluding tert-OH is 5. The van der Waals surface area contributed by atoms with Gasteiger partial charge < -0.3 is 45.1 Å². The average Bonchev–Trinajstić information content (AvgIpc) is 3.65. The molecule has 0 bridgehead atoms. The minimum Gasteiger partial charge on any atom is -0.466 e. The maximum absolute atomic E-state index is 13.1. The largest absolute Gasteiger partial charge is 0.466 e. The molecule has 488 valence electrons. The van der Waals surface area contributed by atoms with Crippen LogP contribution in [0.4, 0.5) is 0 Å². The first-order chi connectivity index (χ1) is 40.7. The van der Waals surface area contributed by atoms with Gasteiger partial charge in [0.05, 0.1) is 32.0 Å². The van der Waals surface area contributed by atoms with Crippen LogP contribution in [0.3, 0.4) is 0 Å². The first kappa shape index (κ1) is 78.9.